The van der Waals surface area contributed by atoms with Crippen LogP contribution in [0.15, 0.2) is 48.5 Å². The third-order valence-corrected chi connectivity index (χ3v) is 3.50. The van der Waals surface area contributed by atoms with E-state index in [1.165, 1.54) is 0 Å². The van der Waals surface area contributed by atoms with E-state index in [4.69, 9.17) is 11.6 Å². The lowest BCUT2D eigenvalue weighted by atomic mass is 9.97. The Labute approximate surface area is 126 Å². The number of rotatable bonds is 2. The van der Waals surface area contributed by atoms with Crippen LogP contribution in [0.2, 0.25) is 5.02 Å². The van der Waals surface area contributed by atoms with E-state index >= 15 is 0 Å². The number of benzene rings is 2. The summed E-state index contributed by atoms with van der Waals surface area (Å²) in [4.78, 5) is 15.6. The maximum absolute atomic E-state index is 11.3. The van der Waals surface area contributed by atoms with Crippen molar-refractivity contribution in [3.05, 3.63) is 64.8 Å². The first-order chi connectivity index (χ1) is 10.2. The molecule has 1 heterocycles. The van der Waals surface area contributed by atoms with Crippen molar-refractivity contribution in [1.29, 1.82) is 5.26 Å². The number of aldehydes is 1. The van der Waals surface area contributed by atoms with Gasteiger partial charge in [-0.05, 0) is 29.8 Å². The number of aromatic nitrogens is 1. The summed E-state index contributed by atoms with van der Waals surface area (Å²) in [6.45, 7) is 0. The molecule has 0 saturated heterocycles. The molecule has 0 N–H and O–H groups in total. The molecule has 0 fully saturated rings. The molecule has 0 spiro atoms. The fourth-order valence-electron chi connectivity index (χ4n) is 2.28. The Morgan fingerprint density at radius 1 is 1.10 bits per heavy atom. The summed E-state index contributed by atoms with van der Waals surface area (Å²) in [5.74, 6) is 0. The third-order valence-electron chi connectivity index (χ3n) is 3.26. The maximum Gasteiger partial charge on any atom is 0.150 e. The summed E-state index contributed by atoms with van der Waals surface area (Å²) in [6.07, 6.45) is 0.734. The maximum atomic E-state index is 11.3. The average Bonchev–Trinajstić information content (AvgIpc) is 2.53. The van der Waals surface area contributed by atoms with E-state index < -0.39 is 0 Å². The minimum absolute atomic E-state index is 0.291. The Kier molecular flexibility index (Phi) is 3.39. The molecule has 4 heteroatoms. The second-order valence-corrected chi connectivity index (χ2v) is 4.97. The monoisotopic (exact) mass is 292 g/mol. The highest BCUT2D eigenvalue weighted by molar-refractivity contribution is 6.31. The zero-order valence-corrected chi connectivity index (χ0v) is 11.6. The molecule has 0 unspecified atom stereocenters. The number of carbonyl (C=O) groups is 1. The smallest absolute Gasteiger partial charge is 0.150 e. The zero-order chi connectivity index (χ0) is 14.8. The van der Waals surface area contributed by atoms with Crippen LogP contribution in [0.3, 0.4) is 0 Å². The molecular formula is C17H9ClN2O. The van der Waals surface area contributed by atoms with Crippen LogP contribution in [0.25, 0.3) is 22.0 Å². The number of fused-ring (bicyclic) bond motifs is 1. The molecule has 0 amide bonds. The summed E-state index contributed by atoms with van der Waals surface area (Å²) >= 11 is 5.91. The predicted molar refractivity (Wildman–Crippen MR) is 82.3 cm³/mol. The molecule has 1 aromatic heterocycles. The van der Waals surface area contributed by atoms with Crippen molar-refractivity contribution < 1.29 is 4.79 Å². The molecular weight excluding hydrogens is 284 g/mol. The quantitative estimate of drug-likeness (QED) is 0.664. The lowest BCUT2D eigenvalue weighted by Gasteiger charge is -2.09. The van der Waals surface area contributed by atoms with Crippen molar-refractivity contribution in [2.24, 2.45) is 0 Å². The van der Waals surface area contributed by atoms with Crippen LogP contribution >= 0.6 is 11.6 Å². The number of nitriles is 1. The van der Waals surface area contributed by atoms with Crippen molar-refractivity contribution in [3.8, 4) is 17.2 Å². The first kappa shape index (κ1) is 13.3. The van der Waals surface area contributed by atoms with Gasteiger partial charge in [0.25, 0.3) is 0 Å². The van der Waals surface area contributed by atoms with E-state index in [-0.39, 0.29) is 0 Å². The molecule has 2 aromatic carbocycles. The van der Waals surface area contributed by atoms with Gasteiger partial charge in [0.1, 0.15) is 11.8 Å². The van der Waals surface area contributed by atoms with Gasteiger partial charge >= 0.3 is 0 Å². The van der Waals surface area contributed by atoms with Crippen molar-refractivity contribution in [2.45, 2.75) is 0 Å². The van der Waals surface area contributed by atoms with Crippen molar-refractivity contribution in [1.82, 2.24) is 4.98 Å². The van der Waals surface area contributed by atoms with E-state index in [9.17, 15) is 10.1 Å². The molecule has 0 radical (unpaired) electrons. The fourth-order valence-corrected chi connectivity index (χ4v) is 2.46. The van der Waals surface area contributed by atoms with Gasteiger partial charge in [0, 0.05) is 21.5 Å². The Hall–Kier alpha value is -2.70. The number of pyridine rings is 1. The normalized spacial score (nSPS) is 10.3. The Balaban J connectivity index is 2.34. The van der Waals surface area contributed by atoms with Gasteiger partial charge in [-0.2, -0.15) is 5.26 Å². The molecule has 3 nitrogen and oxygen atoms in total. The van der Waals surface area contributed by atoms with Crippen LogP contribution < -0.4 is 0 Å². The number of para-hydroxylation sites is 1. The number of halogens is 1. The molecule has 0 aliphatic heterocycles. The van der Waals surface area contributed by atoms with Crippen molar-refractivity contribution in [3.63, 3.8) is 0 Å². The minimum atomic E-state index is 0.291. The Morgan fingerprint density at radius 3 is 2.67 bits per heavy atom. The van der Waals surface area contributed by atoms with Crippen LogP contribution in [0.1, 0.15) is 16.1 Å². The number of carbonyl (C=O) groups excluding carboxylic acids is 1. The van der Waals surface area contributed by atoms with Gasteiger partial charge in [-0.3, -0.25) is 4.79 Å². The summed E-state index contributed by atoms with van der Waals surface area (Å²) in [5, 5.41) is 10.7. The second-order valence-electron chi connectivity index (χ2n) is 4.54. The van der Waals surface area contributed by atoms with Crippen LogP contribution in [0.4, 0.5) is 0 Å². The fraction of sp³-hybridized carbons (Fsp3) is 0. The van der Waals surface area contributed by atoms with Gasteiger partial charge in [-0.15, -0.1) is 0 Å². The Bertz CT molecular complexity index is 897. The standard InChI is InChI=1S/C17H9ClN2O/c18-13-5-6-14(12(7-13)10-21)15-8-11-3-1-2-4-16(11)20-17(15)9-19/h1-8,10H. The van der Waals surface area contributed by atoms with Gasteiger partial charge in [0.2, 0.25) is 0 Å². The number of hydrogen-bond donors (Lipinski definition) is 0. The number of hydrogen-bond acceptors (Lipinski definition) is 3. The lowest BCUT2D eigenvalue weighted by Crippen LogP contribution is -1.94. The van der Waals surface area contributed by atoms with Gasteiger partial charge in [0.05, 0.1) is 5.52 Å². The summed E-state index contributed by atoms with van der Waals surface area (Å²) in [6, 6.07) is 16.5. The first-order valence-corrected chi connectivity index (χ1v) is 6.65. The molecule has 21 heavy (non-hydrogen) atoms. The van der Waals surface area contributed by atoms with Crippen LogP contribution in [0.5, 0.6) is 0 Å². The number of nitrogens with zero attached hydrogens (tertiary/aromatic N) is 2. The van der Waals surface area contributed by atoms with E-state index in [0.717, 1.165) is 17.2 Å². The largest absolute Gasteiger partial charge is 0.298 e. The molecule has 0 atom stereocenters. The first-order valence-electron chi connectivity index (χ1n) is 6.28. The molecule has 100 valence electrons. The highest BCUT2D eigenvalue weighted by atomic mass is 35.5. The topological polar surface area (TPSA) is 53.8 Å². The second kappa shape index (κ2) is 5.35. The Morgan fingerprint density at radius 2 is 1.90 bits per heavy atom. The molecule has 0 bridgehead atoms. The zero-order valence-electron chi connectivity index (χ0n) is 10.9. The third kappa shape index (κ3) is 2.37. The van der Waals surface area contributed by atoms with E-state index in [1.54, 1.807) is 18.2 Å². The van der Waals surface area contributed by atoms with Crippen LogP contribution in [-0.4, -0.2) is 11.3 Å². The molecule has 3 rings (SSSR count). The molecule has 0 saturated carbocycles. The predicted octanol–water partition coefficient (Wildman–Crippen LogP) is 4.24. The van der Waals surface area contributed by atoms with Crippen LogP contribution in [-0.2, 0) is 0 Å². The van der Waals surface area contributed by atoms with E-state index in [2.05, 4.69) is 11.1 Å². The molecule has 3 aromatic rings. The summed E-state index contributed by atoms with van der Waals surface area (Å²) < 4.78 is 0. The highest BCUT2D eigenvalue weighted by Gasteiger charge is 2.12. The van der Waals surface area contributed by atoms with Gasteiger partial charge in [-0.1, -0.05) is 35.9 Å². The van der Waals surface area contributed by atoms with Gasteiger partial charge in [-0.25, -0.2) is 4.98 Å². The van der Waals surface area contributed by atoms with Gasteiger partial charge < -0.3 is 0 Å². The molecule has 0 aliphatic rings. The average molecular weight is 293 g/mol. The van der Waals surface area contributed by atoms with E-state index in [0.29, 0.717) is 27.4 Å². The lowest BCUT2D eigenvalue weighted by molar-refractivity contribution is 0.112. The van der Waals surface area contributed by atoms with Gasteiger partial charge in [0.15, 0.2) is 6.29 Å². The minimum Gasteiger partial charge on any atom is -0.298 e. The van der Waals surface area contributed by atoms with E-state index in [1.807, 2.05) is 30.3 Å². The van der Waals surface area contributed by atoms with Crippen LogP contribution in [0, 0.1) is 11.3 Å². The molecule has 0 aliphatic carbocycles. The summed E-state index contributed by atoms with van der Waals surface area (Å²) in [7, 11) is 0. The van der Waals surface area contributed by atoms with Crippen molar-refractivity contribution >= 4 is 28.8 Å². The SMILES string of the molecule is N#Cc1nc2ccccc2cc1-c1ccc(Cl)cc1C=O. The van der Waals surface area contributed by atoms with Crippen molar-refractivity contribution in [2.75, 3.05) is 0 Å². The highest BCUT2D eigenvalue weighted by Crippen LogP contribution is 2.30. The summed E-state index contributed by atoms with van der Waals surface area (Å²) in [5.41, 5.74) is 2.77.